The normalized spacial score (nSPS) is 25.7. The van der Waals surface area contributed by atoms with Crippen LogP contribution in [0.1, 0.15) is 12.8 Å². The summed E-state index contributed by atoms with van der Waals surface area (Å²) in [5, 5.41) is 3.32. The minimum Gasteiger partial charge on any atom is -0.316 e. The van der Waals surface area contributed by atoms with Crippen molar-refractivity contribution in [3.05, 3.63) is 12.2 Å². The van der Waals surface area contributed by atoms with Gasteiger partial charge in [0.05, 0.1) is 0 Å². The topological polar surface area (TPSA) is 15.3 Å². The maximum Gasteiger partial charge on any atom is 0.0163 e. The molecule has 1 N–H and O–H groups in total. The van der Waals surface area contributed by atoms with Crippen molar-refractivity contribution in [2.75, 3.05) is 32.7 Å². The Morgan fingerprint density at radius 2 is 2.25 bits per heavy atom. The molecule has 0 saturated carbocycles. The van der Waals surface area contributed by atoms with E-state index < -0.39 is 0 Å². The molecule has 0 atom stereocenters. The SMILES string of the molecule is C1=CCN(CCC2CNC2)CC1. The summed E-state index contributed by atoms with van der Waals surface area (Å²) in [5.74, 6) is 0.968. The summed E-state index contributed by atoms with van der Waals surface area (Å²) in [5.41, 5.74) is 0. The van der Waals surface area contributed by atoms with E-state index >= 15 is 0 Å². The molecule has 68 valence electrons. The lowest BCUT2D eigenvalue weighted by atomic mass is 9.99. The van der Waals surface area contributed by atoms with E-state index in [0.29, 0.717) is 0 Å². The van der Waals surface area contributed by atoms with Crippen molar-refractivity contribution in [1.82, 2.24) is 10.2 Å². The summed E-state index contributed by atoms with van der Waals surface area (Å²) in [4.78, 5) is 2.55. The van der Waals surface area contributed by atoms with Gasteiger partial charge in [-0.3, -0.25) is 4.90 Å². The minimum absolute atomic E-state index is 0.968. The van der Waals surface area contributed by atoms with Crippen molar-refractivity contribution in [2.24, 2.45) is 5.92 Å². The van der Waals surface area contributed by atoms with Crippen LogP contribution in [0.25, 0.3) is 0 Å². The molecule has 12 heavy (non-hydrogen) atoms. The minimum atomic E-state index is 0.968. The zero-order chi connectivity index (χ0) is 8.23. The first-order valence-electron chi connectivity index (χ1n) is 5.03. The molecule has 0 aliphatic carbocycles. The van der Waals surface area contributed by atoms with E-state index in [1.807, 2.05) is 0 Å². The Bertz CT molecular complexity index is 161. The van der Waals surface area contributed by atoms with Gasteiger partial charge in [-0.25, -0.2) is 0 Å². The molecule has 0 aromatic carbocycles. The van der Waals surface area contributed by atoms with Crippen LogP contribution in [-0.4, -0.2) is 37.6 Å². The standard InChI is InChI=1S/C10H18N2/c1-2-5-12(6-3-1)7-4-10-8-11-9-10/h1-2,10-11H,3-9H2. The second kappa shape index (κ2) is 4.06. The molecule has 2 heterocycles. The second-order valence-electron chi connectivity index (χ2n) is 3.87. The number of hydrogen-bond donors (Lipinski definition) is 1. The molecule has 0 aromatic rings. The van der Waals surface area contributed by atoms with Gasteiger partial charge in [0.2, 0.25) is 0 Å². The van der Waals surface area contributed by atoms with Crippen molar-refractivity contribution in [1.29, 1.82) is 0 Å². The number of nitrogens with zero attached hydrogens (tertiary/aromatic N) is 1. The van der Waals surface area contributed by atoms with Gasteiger partial charge in [-0.1, -0.05) is 12.2 Å². The first-order chi connectivity index (χ1) is 5.95. The second-order valence-corrected chi connectivity index (χ2v) is 3.87. The summed E-state index contributed by atoms with van der Waals surface area (Å²) in [6.07, 6.45) is 7.23. The number of hydrogen-bond acceptors (Lipinski definition) is 2. The summed E-state index contributed by atoms with van der Waals surface area (Å²) in [6.45, 7) is 6.26. The van der Waals surface area contributed by atoms with Crippen LogP contribution in [-0.2, 0) is 0 Å². The predicted octanol–water partition coefficient (Wildman–Crippen LogP) is 0.858. The Kier molecular flexibility index (Phi) is 2.79. The summed E-state index contributed by atoms with van der Waals surface area (Å²) in [7, 11) is 0. The van der Waals surface area contributed by atoms with Gasteiger partial charge in [0.1, 0.15) is 0 Å². The number of nitrogens with one attached hydrogen (secondary N) is 1. The number of rotatable bonds is 3. The van der Waals surface area contributed by atoms with Crippen LogP contribution in [0, 0.1) is 5.92 Å². The zero-order valence-electron chi connectivity index (χ0n) is 7.63. The third kappa shape index (κ3) is 2.08. The van der Waals surface area contributed by atoms with Crippen molar-refractivity contribution in [3.8, 4) is 0 Å². The summed E-state index contributed by atoms with van der Waals surface area (Å²) >= 11 is 0. The fourth-order valence-corrected chi connectivity index (χ4v) is 1.81. The molecule has 0 unspecified atom stereocenters. The van der Waals surface area contributed by atoms with Gasteiger partial charge in [-0.2, -0.15) is 0 Å². The van der Waals surface area contributed by atoms with E-state index in [1.165, 1.54) is 45.6 Å². The van der Waals surface area contributed by atoms with Crippen molar-refractivity contribution in [3.63, 3.8) is 0 Å². The highest BCUT2D eigenvalue weighted by Crippen LogP contribution is 2.10. The van der Waals surface area contributed by atoms with Crippen LogP contribution in [0.15, 0.2) is 12.2 Å². The molecule has 2 aliphatic heterocycles. The van der Waals surface area contributed by atoms with Gasteiger partial charge >= 0.3 is 0 Å². The molecule has 0 amide bonds. The van der Waals surface area contributed by atoms with E-state index in [2.05, 4.69) is 22.4 Å². The lowest BCUT2D eigenvalue weighted by Gasteiger charge is -2.30. The van der Waals surface area contributed by atoms with Gasteiger partial charge in [-0.15, -0.1) is 0 Å². The third-order valence-electron chi connectivity index (χ3n) is 2.86. The van der Waals surface area contributed by atoms with Gasteiger partial charge in [0.25, 0.3) is 0 Å². The summed E-state index contributed by atoms with van der Waals surface area (Å²) < 4.78 is 0. The molecule has 2 nitrogen and oxygen atoms in total. The Morgan fingerprint density at radius 1 is 1.33 bits per heavy atom. The van der Waals surface area contributed by atoms with Gasteiger partial charge < -0.3 is 5.32 Å². The molecular weight excluding hydrogens is 148 g/mol. The monoisotopic (exact) mass is 166 g/mol. The fourth-order valence-electron chi connectivity index (χ4n) is 1.81. The molecule has 2 heteroatoms. The molecule has 2 rings (SSSR count). The Morgan fingerprint density at radius 3 is 2.83 bits per heavy atom. The molecule has 0 aromatic heterocycles. The lowest BCUT2D eigenvalue weighted by molar-refractivity contribution is 0.239. The van der Waals surface area contributed by atoms with E-state index in [9.17, 15) is 0 Å². The van der Waals surface area contributed by atoms with E-state index in [0.717, 1.165) is 5.92 Å². The molecular formula is C10H18N2. The van der Waals surface area contributed by atoms with Gasteiger partial charge in [0, 0.05) is 13.1 Å². The van der Waals surface area contributed by atoms with Crippen LogP contribution in [0.4, 0.5) is 0 Å². The Labute approximate surface area is 74.6 Å². The average Bonchev–Trinajstić information content (AvgIpc) is 2.04. The smallest absolute Gasteiger partial charge is 0.0163 e. The highest BCUT2D eigenvalue weighted by atomic mass is 15.1. The molecule has 1 fully saturated rings. The van der Waals surface area contributed by atoms with Crippen LogP contribution in [0.3, 0.4) is 0 Å². The summed E-state index contributed by atoms with van der Waals surface area (Å²) in [6, 6.07) is 0. The quantitative estimate of drug-likeness (QED) is 0.626. The van der Waals surface area contributed by atoms with Crippen LogP contribution < -0.4 is 5.32 Å². The average molecular weight is 166 g/mol. The van der Waals surface area contributed by atoms with E-state index in [4.69, 9.17) is 0 Å². The van der Waals surface area contributed by atoms with E-state index in [1.54, 1.807) is 0 Å². The molecule has 0 radical (unpaired) electrons. The van der Waals surface area contributed by atoms with Gasteiger partial charge in [-0.05, 0) is 38.4 Å². The van der Waals surface area contributed by atoms with Crippen LogP contribution in [0.2, 0.25) is 0 Å². The van der Waals surface area contributed by atoms with Crippen LogP contribution >= 0.6 is 0 Å². The maximum absolute atomic E-state index is 3.32. The maximum atomic E-state index is 3.32. The van der Waals surface area contributed by atoms with E-state index in [-0.39, 0.29) is 0 Å². The highest BCUT2D eigenvalue weighted by Gasteiger charge is 2.17. The third-order valence-corrected chi connectivity index (χ3v) is 2.86. The van der Waals surface area contributed by atoms with Crippen molar-refractivity contribution >= 4 is 0 Å². The predicted molar refractivity (Wildman–Crippen MR) is 51.2 cm³/mol. The largest absolute Gasteiger partial charge is 0.316 e. The zero-order valence-corrected chi connectivity index (χ0v) is 7.63. The lowest BCUT2D eigenvalue weighted by Crippen LogP contribution is -2.43. The van der Waals surface area contributed by atoms with Gasteiger partial charge in [0.15, 0.2) is 0 Å². The first kappa shape index (κ1) is 8.27. The fraction of sp³-hybridized carbons (Fsp3) is 0.800. The Balaban J connectivity index is 1.62. The highest BCUT2D eigenvalue weighted by molar-refractivity contribution is 4.91. The van der Waals surface area contributed by atoms with Crippen molar-refractivity contribution in [2.45, 2.75) is 12.8 Å². The Hall–Kier alpha value is -0.340. The molecule has 2 aliphatic rings. The molecule has 0 bridgehead atoms. The molecule has 1 saturated heterocycles. The van der Waals surface area contributed by atoms with Crippen LogP contribution in [0.5, 0.6) is 0 Å². The first-order valence-corrected chi connectivity index (χ1v) is 5.03. The van der Waals surface area contributed by atoms with Crippen molar-refractivity contribution < 1.29 is 0 Å². The molecule has 0 spiro atoms.